The van der Waals surface area contributed by atoms with Crippen LogP contribution in [0.5, 0.6) is 5.75 Å². The predicted octanol–water partition coefficient (Wildman–Crippen LogP) is 5.42. The minimum absolute atomic E-state index is 0.231. The fraction of sp³-hybridized carbons (Fsp3) is 0.100. The number of benzene rings is 2. The van der Waals surface area contributed by atoms with E-state index in [0.29, 0.717) is 49.8 Å². The van der Waals surface area contributed by atoms with Crippen molar-refractivity contribution in [2.24, 2.45) is 0 Å². The molecule has 198 valence electrons. The Kier molecular flexibility index (Phi) is 6.71. The lowest BCUT2D eigenvalue weighted by Gasteiger charge is -2.24. The first-order valence-corrected chi connectivity index (χ1v) is 12.9. The summed E-state index contributed by atoms with van der Waals surface area (Å²) < 4.78 is 7.70. The number of nitrogens with one attached hydrogen (secondary N) is 2. The van der Waals surface area contributed by atoms with Gasteiger partial charge in [0.2, 0.25) is 0 Å². The second-order valence-electron chi connectivity index (χ2n) is 9.15. The van der Waals surface area contributed by atoms with Crippen molar-refractivity contribution in [3.8, 4) is 11.4 Å². The zero-order valence-corrected chi connectivity index (χ0v) is 22.1. The number of pyridine rings is 3. The fourth-order valence-electron chi connectivity index (χ4n) is 4.76. The number of fused-ring (bicyclic) bond motifs is 2. The molecule has 9 nitrogen and oxygen atoms in total. The maximum absolute atomic E-state index is 14.3. The number of ether oxygens (including phenoxy) is 1. The molecule has 40 heavy (non-hydrogen) atoms. The molecule has 0 saturated heterocycles. The molecule has 0 aliphatic heterocycles. The first-order valence-electron chi connectivity index (χ1n) is 12.6. The monoisotopic (exact) mass is 550 g/mol. The number of hydrogen-bond acceptors (Lipinski definition) is 7. The van der Waals surface area contributed by atoms with Crippen LogP contribution in [-0.4, -0.2) is 24.5 Å². The van der Waals surface area contributed by atoms with Crippen molar-refractivity contribution in [2.75, 3.05) is 5.32 Å². The molecule has 1 atom stereocenters. The van der Waals surface area contributed by atoms with E-state index in [1.165, 1.54) is 18.6 Å². The Morgan fingerprint density at radius 2 is 1.77 bits per heavy atom. The van der Waals surface area contributed by atoms with E-state index in [0.717, 1.165) is 5.56 Å². The average molecular weight is 551 g/mol. The molecule has 4 aromatic heterocycles. The fourth-order valence-corrected chi connectivity index (χ4v) is 5.17. The molecular weight excluding hydrogens is 528 g/mol. The van der Waals surface area contributed by atoms with E-state index in [1.807, 2.05) is 55.5 Å². The van der Waals surface area contributed by atoms with Gasteiger partial charge in [-0.05, 0) is 42.8 Å². The average Bonchev–Trinajstić information content (AvgIpc) is 2.98. The molecule has 0 aliphatic carbocycles. The zero-order valence-electron chi connectivity index (χ0n) is 21.3. The summed E-state index contributed by atoms with van der Waals surface area (Å²) >= 11 is 7.10. The SMILES string of the molecule is C[C@H](Nc1ncnc2[nH]ccc(=O)c12)c1c(Cl)c2cccc(OCc3ccncc3)c2c(=O)n1-c1ccccc1. The minimum Gasteiger partial charge on any atom is -0.488 e. The number of aromatic nitrogens is 5. The Bertz CT molecular complexity index is 1950. The third-order valence-corrected chi connectivity index (χ3v) is 7.01. The molecule has 0 saturated carbocycles. The molecule has 0 unspecified atom stereocenters. The van der Waals surface area contributed by atoms with Gasteiger partial charge >= 0.3 is 0 Å². The van der Waals surface area contributed by atoms with Crippen LogP contribution in [0.15, 0.2) is 101 Å². The number of nitrogens with zero attached hydrogens (tertiary/aromatic N) is 4. The third-order valence-electron chi connectivity index (χ3n) is 6.62. The topological polar surface area (TPSA) is 115 Å². The molecule has 0 aliphatic rings. The van der Waals surface area contributed by atoms with Crippen LogP contribution < -0.4 is 21.0 Å². The van der Waals surface area contributed by atoms with Gasteiger partial charge in [0.15, 0.2) is 5.43 Å². The highest BCUT2D eigenvalue weighted by Gasteiger charge is 2.24. The van der Waals surface area contributed by atoms with Gasteiger partial charge in [-0.25, -0.2) is 9.97 Å². The van der Waals surface area contributed by atoms with Gasteiger partial charge in [0, 0.05) is 35.7 Å². The Labute approximate surface area is 233 Å². The van der Waals surface area contributed by atoms with Gasteiger partial charge in [0.25, 0.3) is 5.56 Å². The van der Waals surface area contributed by atoms with Crippen molar-refractivity contribution in [2.45, 2.75) is 19.6 Å². The maximum atomic E-state index is 14.3. The highest BCUT2D eigenvalue weighted by molar-refractivity contribution is 6.36. The Morgan fingerprint density at radius 3 is 2.58 bits per heavy atom. The summed E-state index contributed by atoms with van der Waals surface area (Å²) in [5.74, 6) is 0.753. The number of anilines is 1. The molecule has 0 radical (unpaired) electrons. The smallest absolute Gasteiger partial charge is 0.267 e. The highest BCUT2D eigenvalue weighted by atomic mass is 35.5. The van der Waals surface area contributed by atoms with Crippen LogP contribution in [0, 0.1) is 0 Å². The Hall–Kier alpha value is -5.02. The molecule has 2 N–H and O–H groups in total. The van der Waals surface area contributed by atoms with E-state index in [2.05, 4.69) is 25.3 Å². The van der Waals surface area contributed by atoms with Crippen molar-refractivity contribution in [1.29, 1.82) is 0 Å². The number of rotatable bonds is 7. The zero-order chi connectivity index (χ0) is 27.6. The first-order chi connectivity index (χ1) is 19.5. The molecule has 0 spiro atoms. The second-order valence-corrected chi connectivity index (χ2v) is 9.53. The van der Waals surface area contributed by atoms with Crippen LogP contribution in [0.3, 0.4) is 0 Å². The predicted molar refractivity (Wildman–Crippen MR) is 155 cm³/mol. The molecule has 2 aromatic carbocycles. The standard InChI is InChI=1S/C30H23ClN6O3/c1-18(36-29-25-22(38)12-15-33-28(25)34-17-35-29)27-26(31)21-8-5-9-23(40-16-19-10-13-32-14-11-19)24(21)30(39)37(27)20-6-3-2-4-7-20/h2-15,17-18H,16H2,1H3,(H2,33,34,35,36,38)/t18-/m0/s1. The van der Waals surface area contributed by atoms with Crippen molar-refractivity contribution in [3.63, 3.8) is 0 Å². The van der Waals surface area contributed by atoms with Gasteiger partial charge in [-0.2, -0.15) is 0 Å². The summed E-state index contributed by atoms with van der Waals surface area (Å²) in [5, 5.41) is 4.90. The quantitative estimate of drug-likeness (QED) is 0.272. The van der Waals surface area contributed by atoms with Gasteiger partial charge in [0.1, 0.15) is 35.5 Å². The number of halogens is 1. The van der Waals surface area contributed by atoms with Crippen molar-refractivity contribution >= 4 is 39.2 Å². The molecule has 4 heterocycles. The summed E-state index contributed by atoms with van der Waals surface area (Å²) in [6, 6.07) is 19.2. The second kappa shape index (κ2) is 10.6. The van der Waals surface area contributed by atoms with Crippen molar-refractivity contribution < 1.29 is 4.74 Å². The van der Waals surface area contributed by atoms with Gasteiger partial charge in [-0.3, -0.25) is 19.1 Å². The van der Waals surface area contributed by atoms with Gasteiger partial charge in [-0.1, -0.05) is 41.9 Å². The third kappa shape index (κ3) is 4.56. The van der Waals surface area contributed by atoms with Crippen LogP contribution in [0.1, 0.15) is 24.2 Å². The van der Waals surface area contributed by atoms with Crippen LogP contribution >= 0.6 is 11.6 Å². The van der Waals surface area contributed by atoms with Gasteiger partial charge in [0.05, 0.1) is 22.1 Å². The Morgan fingerprint density at radius 1 is 0.975 bits per heavy atom. The molecule has 6 rings (SSSR count). The lowest BCUT2D eigenvalue weighted by molar-refractivity contribution is 0.309. The summed E-state index contributed by atoms with van der Waals surface area (Å²) in [6.07, 6.45) is 6.28. The molecule has 0 bridgehead atoms. The van der Waals surface area contributed by atoms with E-state index in [4.69, 9.17) is 16.3 Å². The van der Waals surface area contributed by atoms with Crippen LogP contribution in [0.25, 0.3) is 27.5 Å². The number of para-hydroxylation sites is 1. The van der Waals surface area contributed by atoms with Gasteiger partial charge in [-0.15, -0.1) is 0 Å². The van der Waals surface area contributed by atoms with E-state index in [9.17, 15) is 9.59 Å². The minimum atomic E-state index is -0.538. The van der Waals surface area contributed by atoms with E-state index in [1.54, 1.807) is 29.1 Å². The number of hydrogen-bond donors (Lipinski definition) is 2. The van der Waals surface area contributed by atoms with Crippen LogP contribution in [0.2, 0.25) is 5.02 Å². The first kappa shape index (κ1) is 25.3. The van der Waals surface area contributed by atoms with Crippen LogP contribution in [0.4, 0.5) is 5.82 Å². The lowest BCUT2D eigenvalue weighted by Crippen LogP contribution is -2.27. The van der Waals surface area contributed by atoms with E-state index >= 15 is 0 Å². The Balaban J connectivity index is 1.52. The summed E-state index contributed by atoms with van der Waals surface area (Å²) in [6.45, 7) is 2.12. The lowest BCUT2D eigenvalue weighted by atomic mass is 10.1. The molecule has 0 amide bonds. The largest absolute Gasteiger partial charge is 0.488 e. The number of aromatic amines is 1. The summed E-state index contributed by atoms with van der Waals surface area (Å²) in [5.41, 5.74) is 1.95. The summed E-state index contributed by atoms with van der Waals surface area (Å²) in [4.78, 5) is 42.4. The maximum Gasteiger partial charge on any atom is 0.267 e. The van der Waals surface area contributed by atoms with Crippen molar-refractivity contribution in [3.05, 3.63) is 129 Å². The van der Waals surface area contributed by atoms with Crippen molar-refractivity contribution in [1.82, 2.24) is 24.5 Å². The van der Waals surface area contributed by atoms with E-state index < -0.39 is 6.04 Å². The molecular formula is C30H23ClN6O3. The molecule has 6 aromatic rings. The molecule has 10 heteroatoms. The van der Waals surface area contributed by atoms with Crippen LogP contribution in [-0.2, 0) is 6.61 Å². The normalized spacial score (nSPS) is 11.9. The summed E-state index contributed by atoms with van der Waals surface area (Å²) in [7, 11) is 0. The van der Waals surface area contributed by atoms with E-state index in [-0.39, 0.29) is 17.6 Å². The van der Waals surface area contributed by atoms with Gasteiger partial charge < -0.3 is 15.0 Å². The number of H-pyrrole nitrogens is 1. The highest BCUT2D eigenvalue weighted by Crippen LogP contribution is 2.36. The molecule has 0 fully saturated rings.